The summed E-state index contributed by atoms with van der Waals surface area (Å²) in [6, 6.07) is 0. The molecule has 0 aromatic rings. The van der Waals surface area contributed by atoms with Gasteiger partial charge in [-0.15, -0.1) is 0 Å². The minimum absolute atomic E-state index is 0.206. The SMILES string of the molecule is C=C(C=NC)C1CCC(=O)NC1=O. The molecule has 0 aromatic heterocycles. The van der Waals surface area contributed by atoms with E-state index in [2.05, 4.69) is 16.9 Å². The van der Waals surface area contributed by atoms with Crippen molar-refractivity contribution in [3.8, 4) is 0 Å². The van der Waals surface area contributed by atoms with Crippen LogP contribution >= 0.6 is 0 Å². The fourth-order valence-electron chi connectivity index (χ4n) is 1.30. The number of carbonyl (C=O) groups is 2. The van der Waals surface area contributed by atoms with Crippen molar-refractivity contribution < 1.29 is 9.59 Å². The first-order chi connectivity index (χ1) is 6.15. The monoisotopic (exact) mass is 180 g/mol. The van der Waals surface area contributed by atoms with Crippen molar-refractivity contribution >= 4 is 18.0 Å². The molecule has 1 saturated heterocycles. The number of carbonyl (C=O) groups excluding carboxylic acids is 2. The van der Waals surface area contributed by atoms with Gasteiger partial charge in [-0.05, 0) is 12.0 Å². The van der Waals surface area contributed by atoms with Crippen molar-refractivity contribution in [1.29, 1.82) is 0 Å². The van der Waals surface area contributed by atoms with Crippen LogP contribution in [0.4, 0.5) is 0 Å². The van der Waals surface area contributed by atoms with Gasteiger partial charge in [0.1, 0.15) is 0 Å². The summed E-state index contributed by atoms with van der Waals surface area (Å²) < 4.78 is 0. The molecule has 70 valence electrons. The Morgan fingerprint density at radius 2 is 2.38 bits per heavy atom. The fraction of sp³-hybridized carbons (Fsp3) is 0.444. The Bertz CT molecular complexity index is 281. The maximum atomic E-state index is 11.3. The quantitative estimate of drug-likeness (QED) is 0.490. The van der Waals surface area contributed by atoms with E-state index in [-0.39, 0.29) is 17.7 Å². The fourth-order valence-corrected chi connectivity index (χ4v) is 1.30. The summed E-state index contributed by atoms with van der Waals surface area (Å²) in [6.45, 7) is 3.72. The van der Waals surface area contributed by atoms with Crippen molar-refractivity contribution in [2.45, 2.75) is 12.8 Å². The molecule has 1 aliphatic rings. The van der Waals surface area contributed by atoms with Crippen molar-refractivity contribution in [3.63, 3.8) is 0 Å². The third-order valence-electron chi connectivity index (χ3n) is 1.98. The molecule has 2 amide bonds. The van der Waals surface area contributed by atoms with Gasteiger partial charge < -0.3 is 0 Å². The average molecular weight is 180 g/mol. The second kappa shape index (κ2) is 3.98. The highest BCUT2D eigenvalue weighted by Crippen LogP contribution is 2.18. The zero-order valence-electron chi connectivity index (χ0n) is 7.54. The molecule has 0 radical (unpaired) electrons. The predicted octanol–water partition coefficient (Wildman–Crippen LogP) is 0.296. The van der Waals surface area contributed by atoms with Gasteiger partial charge in [-0.1, -0.05) is 6.58 Å². The molecule has 1 N–H and O–H groups in total. The molecule has 1 fully saturated rings. The number of nitrogens with one attached hydrogen (secondary N) is 1. The molecule has 4 nitrogen and oxygen atoms in total. The molecule has 4 heteroatoms. The van der Waals surface area contributed by atoms with Crippen molar-refractivity contribution in [2.24, 2.45) is 10.9 Å². The van der Waals surface area contributed by atoms with Crippen LogP contribution in [0.3, 0.4) is 0 Å². The van der Waals surface area contributed by atoms with Gasteiger partial charge in [-0.25, -0.2) is 0 Å². The largest absolute Gasteiger partial charge is 0.296 e. The molecule has 13 heavy (non-hydrogen) atoms. The molecule has 1 aliphatic heterocycles. The van der Waals surface area contributed by atoms with Gasteiger partial charge in [0.25, 0.3) is 0 Å². The number of imide groups is 1. The molecule has 1 heterocycles. The summed E-state index contributed by atoms with van der Waals surface area (Å²) in [4.78, 5) is 25.8. The van der Waals surface area contributed by atoms with Crippen molar-refractivity contribution in [2.75, 3.05) is 7.05 Å². The van der Waals surface area contributed by atoms with Gasteiger partial charge >= 0.3 is 0 Å². The van der Waals surface area contributed by atoms with Crippen LogP contribution in [0.1, 0.15) is 12.8 Å². The summed E-state index contributed by atoms with van der Waals surface area (Å²) in [5.41, 5.74) is 0.660. The third-order valence-corrected chi connectivity index (χ3v) is 1.98. The van der Waals surface area contributed by atoms with E-state index in [4.69, 9.17) is 0 Å². The van der Waals surface area contributed by atoms with Gasteiger partial charge in [-0.3, -0.25) is 19.9 Å². The Balaban J connectivity index is 2.66. The van der Waals surface area contributed by atoms with E-state index in [9.17, 15) is 9.59 Å². The van der Waals surface area contributed by atoms with Crippen LogP contribution in [0.25, 0.3) is 0 Å². The first kappa shape index (κ1) is 9.64. The number of hydrogen-bond acceptors (Lipinski definition) is 3. The summed E-state index contributed by atoms with van der Waals surface area (Å²) in [5.74, 6) is -0.759. The number of nitrogens with zero attached hydrogens (tertiary/aromatic N) is 1. The van der Waals surface area contributed by atoms with Crippen LogP contribution < -0.4 is 5.32 Å². The standard InChI is InChI=1S/C9H12N2O2/c1-6(5-10-2)7-3-4-8(12)11-9(7)13/h5,7H,1,3-4H2,2H3,(H,11,12,13). The Morgan fingerprint density at radius 1 is 1.69 bits per heavy atom. The number of rotatable bonds is 2. The lowest BCUT2D eigenvalue weighted by Gasteiger charge is -2.20. The number of hydrogen-bond donors (Lipinski definition) is 1. The highest BCUT2D eigenvalue weighted by atomic mass is 16.2. The number of aliphatic imine (C=N–C) groups is 1. The lowest BCUT2D eigenvalue weighted by atomic mass is 9.92. The molecule has 0 bridgehead atoms. The van der Waals surface area contributed by atoms with Crippen molar-refractivity contribution in [3.05, 3.63) is 12.2 Å². The number of piperidine rings is 1. The smallest absolute Gasteiger partial charge is 0.234 e. The lowest BCUT2D eigenvalue weighted by molar-refractivity contribution is -0.135. The highest BCUT2D eigenvalue weighted by molar-refractivity contribution is 6.02. The van der Waals surface area contributed by atoms with E-state index in [1.807, 2.05) is 0 Å². The minimum Gasteiger partial charge on any atom is -0.296 e. The first-order valence-corrected chi connectivity index (χ1v) is 4.10. The molecule has 0 spiro atoms. The second-order valence-electron chi connectivity index (χ2n) is 2.97. The van der Waals surface area contributed by atoms with Gasteiger partial charge in [0, 0.05) is 19.7 Å². The Labute approximate surface area is 76.7 Å². The molecular formula is C9H12N2O2. The highest BCUT2D eigenvalue weighted by Gasteiger charge is 2.27. The van der Waals surface area contributed by atoms with Crippen molar-refractivity contribution in [1.82, 2.24) is 5.32 Å². The van der Waals surface area contributed by atoms with E-state index < -0.39 is 0 Å². The molecule has 1 rings (SSSR count). The molecule has 0 aromatic carbocycles. The van der Waals surface area contributed by atoms with Crippen LogP contribution in [0.2, 0.25) is 0 Å². The molecular weight excluding hydrogens is 168 g/mol. The van der Waals surface area contributed by atoms with E-state index in [1.165, 1.54) is 0 Å². The van der Waals surface area contributed by atoms with Gasteiger partial charge in [0.2, 0.25) is 11.8 Å². The maximum absolute atomic E-state index is 11.3. The van der Waals surface area contributed by atoms with E-state index in [0.717, 1.165) is 0 Å². The molecule has 1 atom stereocenters. The Hall–Kier alpha value is -1.45. The summed E-state index contributed by atoms with van der Waals surface area (Å²) in [5, 5.41) is 2.27. The van der Waals surface area contributed by atoms with Crippen LogP contribution in [0.15, 0.2) is 17.1 Å². The number of amides is 2. The zero-order valence-corrected chi connectivity index (χ0v) is 7.54. The van der Waals surface area contributed by atoms with Gasteiger partial charge in [-0.2, -0.15) is 0 Å². The van der Waals surface area contributed by atoms with Crippen LogP contribution in [0.5, 0.6) is 0 Å². The van der Waals surface area contributed by atoms with Crippen LogP contribution in [-0.4, -0.2) is 25.1 Å². The molecule has 1 unspecified atom stereocenters. The second-order valence-corrected chi connectivity index (χ2v) is 2.97. The lowest BCUT2D eigenvalue weighted by Crippen LogP contribution is -2.41. The predicted molar refractivity (Wildman–Crippen MR) is 49.4 cm³/mol. The topological polar surface area (TPSA) is 58.5 Å². The minimum atomic E-state index is -0.290. The summed E-state index contributed by atoms with van der Waals surface area (Å²) in [6.07, 6.45) is 2.47. The molecule has 0 aliphatic carbocycles. The molecule has 0 saturated carbocycles. The van der Waals surface area contributed by atoms with E-state index in [0.29, 0.717) is 18.4 Å². The Kier molecular flexibility index (Phi) is 2.95. The summed E-state index contributed by atoms with van der Waals surface area (Å²) >= 11 is 0. The van der Waals surface area contributed by atoms with Crippen LogP contribution in [0, 0.1) is 5.92 Å². The van der Waals surface area contributed by atoms with Gasteiger partial charge in [0.05, 0.1) is 5.92 Å². The zero-order chi connectivity index (χ0) is 9.84. The first-order valence-electron chi connectivity index (χ1n) is 4.10. The average Bonchev–Trinajstić information content (AvgIpc) is 2.04. The third kappa shape index (κ3) is 2.24. The van der Waals surface area contributed by atoms with Gasteiger partial charge in [0.15, 0.2) is 0 Å². The van der Waals surface area contributed by atoms with Crippen LogP contribution in [-0.2, 0) is 9.59 Å². The Morgan fingerprint density at radius 3 is 2.92 bits per heavy atom. The van der Waals surface area contributed by atoms with E-state index >= 15 is 0 Å². The summed E-state index contributed by atoms with van der Waals surface area (Å²) in [7, 11) is 1.62. The maximum Gasteiger partial charge on any atom is 0.234 e. The van der Waals surface area contributed by atoms with E-state index in [1.54, 1.807) is 13.3 Å². The normalized spacial score (nSPS) is 23.3.